The van der Waals surface area contributed by atoms with Crippen molar-refractivity contribution in [3.8, 4) is 0 Å². The van der Waals surface area contributed by atoms with E-state index in [4.69, 9.17) is 27.6 Å². The molecule has 262 valence electrons. The predicted octanol–water partition coefficient (Wildman–Crippen LogP) is 2.59. The fourth-order valence-electron chi connectivity index (χ4n) is 6.17. The monoisotopic (exact) mass is 728 g/mol. The minimum atomic E-state index is -3.65. The van der Waals surface area contributed by atoms with Crippen LogP contribution in [0.5, 0.6) is 0 Å². The highest BCUT2D eigenvalue weighted by Crippen LogP contribution is 2.59. The molecule has 0 aliphatic carbocycles. The van der Waals surface area contributed by atoms with E-state index in [2.05, 4.69) is 15.3 Å². The SMILES string of the molecule is CCOP(=O)(Cn1cc([C@H]2O[C@@H](n3ccc(=O)[nH]c3=O)C(OC)C2O[P@]2O[C@H](CS(=O)(=O)c3ccccc3)[C@@H]3CCCN32)nn1)OCC. The summed E-state index contributed by atoms with van der Waals surface area (Å²) in [5, 5.41) is 8.40. The van der Waals surface area contributed by atoms with E-state index in [0.717, 1.165) is 12.8 Å². The van der Waals surface area contributed by atoms with Gasteiger partial charge in [-0.2, -0.15) is 0 Å². The Bertz CT molecular complexity index is 1830. The van der Waals surface area contributed by atoms with E-state index in [1.165, 1.54) is 34.8 Å². The third kappa shape index (κ3) is 7.29. The molecule has 7 atom stereocenters. The van der Waals surface area contributed by atoms with Gasteiger partial charge in [-0.15, -0.1) is 5.10 Å². The Kier molecular flexibility index (Phi) is 10.8. The van der Waals surface area contributed by atoms with Crippen LogP contribution in [-0.2, 0) is 48.3 Å². The molecule has 1 aromatic carbocycles. The van der Waals surface area contributed by atoms with Crippen LogP contribution in [0, 0.1) is 0 Å². The number of aromatic nitrogens is 5. The number of nitrogens with one attached hydrogen (secondary N) is 1. The molecule has 3 fully saturated rings. The number of methoxy groups -OCH3 is 1. The zero-order valence-corrected chi connectivity index (χ0v) is 29.2. The summed E-state index contributed by atoms with van der Waals surface area (Å²) in [5.74, 6) is -0.220. The molecule has 3 aliphatic rings. The summed E-state index contributed by atoms with van der Waals surface area (Å²) < 4.78 is 80.5. The van der Waals surface area contributed by atoms with Gasteiger partial charge < -0.3 is 27.6 Å². The second-order valence-electron chi connectivity index (χ2n) is 11.4. The van der Waals surface area contributed by atoms with E-state index in [1.54, 1.807) is 44.2 Å². The van der Waals surface area contributed by atoms with Crippen molar-refractivity contribution in [2.45, 2.75) is 74.6 Å². The summed E-state index contributed by atoms with van der Waals surface area (Å²) in [6, 6.07) is 9.25. The van der Waals surface area contributed by atoms with Crippen molar-refractivity contribution < 1.29 is 40.6 Å². The summed E-state index contributed by atoms with van der Waals surface area (Å²) in [5.41, 5.74) is -1.03. The molecule has 2 aromatic heterocycles. The first-order valence-electron chi connectivity index (χ1n) is 15.5. The Labute approximate surface area is 277 Å². The zero-order valence-electron chi connectivity index (χ0n) is 26.6. The number of rotatable bonds is 14. The lowest BCUT2D eigenvalue weighted by Gasteiger charge is -2.28. The lowest BCUT2D eigenvalue weighted by Crippen LogP contribution is -2.39. The fourth-order valence-corrected chi connectivity index (χ4v) is 11.3. The molecular weight excluding hydrogens is 690 g/mol. The summed E-state index contributed by atoms with van der Waals surface area (Å²) in [7, 11) is -7.56. The van der Waals surface area contributed by atoms with Crippen LogP contribution in [0.25, 0.3) is 0 Å². The topological polar surface area (TPSA) is 195 Å². The van der Waals surface area contributed by atoms with Crippen LogP contribution in [0.2, 0.25) is 0 Å². The van der Waals surface area contributed by atoms with Gasteiger partial charge in [-0.05, 0) is 38.8 Å². The van der Waals surface area contributed by atoms with Crippen molar-refractivity contribution in [1.29, 1.82) is 0 Å². The maximum Gasteiger partial charge on any atom is 0.351 e. The third-order valence-corrected chi connectivity index (χ3v) is 13.7. The minimum Gasteiger partial charge on any atom is -0.374 e. The standard InChI is InChI=1S/C28H38N6O11P2S/c1-4-41-47(37,42-5-2)18-32-16-20(30-31-32)24-25(26(40-3)27(43-24)33-15-13-23(35)29-28(33)36)45-46-34-14-9-12-21(34)22(44-46)17-48(38,39)19-10-7-6-8-11-19/h6-8,10-11,13,15-16,21-22,24-27H,4-5,9,12,14,17-18H2,1-3H3,(H,29,35,36)/t21-,22+,24+,25?,26?,27+,46-/m0/s1. The molecule has 17 nitrogen and oxygen atoms in total. The smallest absolute Gasteiger partial charge is 0.351 e. The molecule has 1 N–H and O–H groups in total. The molecule has 0 amide bonds. The summed E-state index contributed by atoms with van der Waals surface area (Å²) in [4.78, 5) is 27.1. The lowest BCUT2D eigenvalue weighted by atomic mass is 10.1. The quantitative estimate of drug-likeness (QED) is 0.238. The number of ether oxygens (including phenoxy) is 2. The summed E-state index contributed by atoms with van der Waals surface area (Å²) >= 11 is 0. The van der Waals surface area contributed by atoms with Gasteiger partial charge in [0.15, 0.2) is 16.1 Å². The number of H-pyrrole nitrogens is 1. The molecular formula is C28H38N6O11P2S. The molecule has 3 aromatic rings. The number of nitrogens with zero attached hydrogens (tertiary/aromatic N) is 5. The zero-order chi connectivity index (χ0) is 34.1. The highest BCUT2D eigenvalue weighted by molar-refractivity contribution is 7.91. The van der Waals surface area contributed by atoms with Gasteiger partial charge in [-0.1, -0.05) is 23.4 Å². The number of benzene rings is 1. The van der Waals surface area contributed by atoms with E-state index in [0.29, 0.717) is 6.54 Å². The van der Waals surface area contributed by atoms with Gasteiger partial charge in [-0.3, -0.25) is 18.9 Å². The minimum absolute atomic E-state index is 0.167. The summed E-state index contributed by atoms with van der Waals surface area (Å²) in [6.07, 6.45) is -0.371. The second-order valence-corrected chi connectivity index (χ2v) is 16.8. The Morgan fingerprint density at radius 2 is 1.85 bits per heavy atom. The van der Waals surface area contributed by atoms with Crippen LogP contribution < -0.4 is 11.2 Å². The number of hydrogen-bond acceptors (Lipinski definition) is 14. The van der Waals surface area contributed by atoms with Crippen LogP contribution in [-0.4, -0.2) is 94.6 Å². The molecule has 6 rings (SSSR count). The molecule has 3 aliphatic heterocycles. The second kappa shape index (κ2) is 14.7. The van der Waals surface area contributed by atoms with Crippen molar-refractivity contribution in [3.05, 3.63) is 75.3 Å². The largest absolute Gasteiger partial charge is 0.374 e. The van der Waals surface area contributed by atoms with Crippen molar-refractivity contribution in [2.75, 3.05) is 32.6 Å². The first kappa shape index (κ1) is 35.2. The van der Waals surface area contributed by atoms with Gasteiger partial charge in [0.05, 0.1) is 36.2 Å². The first-order chi connectivity index (χ1) is 23.1. The molecule has 0 spiro atoms. The average molecular weight is 729 g/mol. The number of hydrogen-bond donors (Lipinski definition) is 1. The number of aromatic amines is 1. The molecule has 3 saturated heterocycles. The highest BCUT2D eigenvalue weighted by atomic mass is 32.2. The lowest BCUT2D eigenvalue weighted by molar-refractivity contribution is -0.0548. The van der Waals surface area contributed by atoms with Crippen LogP contribution >= 0.6 is 16.1 Å². The van der Waals surface area contributed by atoms with E-state index in [1.807, 2.05) is 4.67 Å². The van der Waals surface area contributed by atoms with Gasteiger partial charge >= 0.3 is 13.3 Å². The number of fused-ring (bicyclic) bond motifs is 1. The molecule has 48 heavy (non-hydrogen) atoms. The van der Waals surface area contributed by atoms with Crippen molar-refractivity contribution in [2.24, 2.45) is 0 Å². The first-order valence-corrected chi connectivity index (χ1v) is 20.0. The van der Waals surface area contributed by atoms with Gasteiger partial charge in [0.1, 0.15) is 30.3 Å². The van der Waals surface area contributed by atoms with E-state index in [9.17, 15) is 22.6 Å². The van der Waals surface area contributed by atoms with E-state index in [-0.39, 0.29) is 41.9 Å². The molecule has 0 radical (unpaired) electrons. The van der Waals surface area contributed by atoms with Crippen LogP contribution in [0.3, 0.4) is 0 Å². The van der Waals surface area contributed by atoms with E-state index < -0.39 is 67.9 Å². The maximum atomic E-state index is 13.3. The maximum absolute atomic E-state index is 13.3. The van der Waals surface area contributed by atoms with Gasteiger partial charge in [0.25, 0.3) is 14.1 Å². The fraction of sp³-hybridized carbons (Fsp3) is 0.571. The Morgan fingerprint density at radius 1 is 1.10 bits per heavy atom. The van der Waals surface area contributed by atoms with Crippen LogP contribution in [0.4, 0.5) is 0 Å². The van der Waals surface area contributed by atoms with Crippen LogP contribution in [0.15, 0.2) is 63.3 Å². The van der Waals surface area contributed by atoms with Crippen molar-refractivity contribution >= 4 is 26.0 Å². The van der Waals surface area contributed by atoms with Gasteiger partial charge in [0.2, 0.25) is 0 Å². The average Bonchev–Trinajstić information content (AvgIpc) is 3.84. The van der Waals surface area contributed by atoms with Gasteiger partial charge in [0, 0.05) is 32.0 Å². The molecule has 5 heterocycles. The van der Waals surface area contributed by atoms with Crippen molar-refractivity contribution in [1.82, 2.24) is 29.2 Å². The highest BCUT2D eigenvalue weighted by Gasteiger charge is 2.55. The third-order valence-electron chi connectivity index (χ3n) is 8.24. The van der Waals surface area contributed by atoms with Gasteiger partial charge in [-0.25, -0.2) is 22.6 Å². The Morgan fingerprint density at radius 3 is 2.54 bits per heavy atom. The van der Waals surface area contributed by atoms with E-state index >= 15 is 0 Å². The summed E-state index contributed by atoms with van der Waals surface area (Å²) in [6.45, 7) is 4.38. The molecule has 2 unspecified atom stereocenters. The van der Waals surface area contributed by atoms with Crippen molar-refractivity contribution in [3.63, 3.8) is 0 Å². The molecule has 0 bridgehead atoms. The number of sulfone groups is 1. The Balaban J connectivity index is 1.30. The normalized spacial score (nSPS) is 27.9. The molecule has 20 heteroatoms. The molecule has 0 saturated carbocycles. The predicted molar refractivity (Wildman–Crippen MR) is 171 cm³/mol. The Hall–Kier alpha value is -2.63. The van der Waals surface area contributed by atoms with Crippen LogP contribution in [0.1, 0.15) is 44.7 Å².